The van der Waals surface area contributed by atoms with Gasteiger partial charge in [-0.1, -0.05) is 15.9 Å². The van der Waals surface area contributed by atoms with E-state index in [2.05, 4.69) is 32.7 Å². The maximum Gasteiger partial charge on any atom is 0.0670 e. The Kier molecular flexibility index (Phi) is 6.81. The molecule has 0 bridgehead atoms. The summed E-state index contributed by atoms with van der Waals surface area (Å²) in [4.78, 5) is 5.05. The first-order valence-electron chi connectivity index (χ1n) is 5.79. The number of ether oxygens (including phenoxy) is 1. The molecule has 0 aromatic carbocycles. The van der Waals surface area contributed by atoms with Crippen molar-refractivity contribution in [3.63, 3.8) is 0 Å². The lowest BCUT2D eigenvalue weighted by molar-refractivity contribution is 0.0783. The van der Waals surface area contributed by atoms with Crippen LogP contribution in [-0.4, -0.2) is 67.6 Å². The highest BCUT2D eigenvalue weighted by Crippen LogP contribution is 2.05. The molecule has 1 saturated heterocycles. The Balaban J connectivity index is 2.26. The Labute approximate surface area is 102 Å². The van der Waals surface area contributed by atoms with E-state index in [0.29, 0.717) is 6.10 Å². The van der Waals surface area contributed by atoms with Crippen LogP contribution in [0.3, 0.4) is 0 Å². The Morgan fingerprint density at radius 1 is 1.20 bits per heavy atom. The number of alkyl halides is 1. The highest BCUT2D eigenvalue weighted by Gasteiger charge is 2.15. The number of hydrogen-bond acceptors (Lipinski definition) is 3. The molecule has 1 heterocycles. The molecular weight excluding hydrogens is 256 g/mol. The van der Waals surface area contributed by atoms with Crippen molar-refractivity contribution in [1.29, 1.82) is 0 Å². The first kappa shape index (κ1) is 13.4. The maximum absolute atomic E-state index is 5.31. The maximum atomic E-state index is 5.31. The number of nitrogens with zero attached hydrogens (tertiary/aromatic N) is 2. The van der Waals surface area contributed by atoms with Gasteiger partial charge in [-0.3, -0.25) is 4.90 Å². The molecule has 0 amide bonds. The van der Waals surface area contributed by atoms with Crippen LogP contribution in [0, 0.1) is 0 Å². The standard InChI is InChI=1S/C11H23BrN2O/c1-11(15-2)10-14-6-3-5-13(7-4-12)8-9-14/h11H,3-10H2,1-2H3. The predicted octanol–water partition coefficient (Wildman–Crippen LogP) is 1.42. The molecule has 1 aliphatic rings. The van der Waals surface area contributed by atoms with E-state index >= 15 is 0 Å². The van der Waals surface area contributed by atoms with E-state index in [1.54, 1.807) is 7.11 Å². The molecule has 1 unspecified atom stereocenters. The summed E-state index contributed by atoms with van der Waals surface area (Å²) in [5.41, 5.74) is 0. The zero-order chi connectivity index (χ0) is 11.1. The normalized spacial score (nSPS) is 22.6. The average Bonchev–Trinajstić information content (AvgIpc) is 2.45. The lowest BCUT2D eigenvalue weighted by atomic mass is 10.3. The van der Waals surface area contributed by atoms with Crippen molar-refractivity contribution < 1.29 is 4.74 Å². The van der Waals surface area contributed by atoms with Crippen LogP contribution in [0.25, 0.3) is 0 Å². The molecule has 4 heteroatoms. The second-order valence-corrected chi connectivity index (χ2v) is 5.02. The predicted molar refractivity (Wildman–Crippen MR) is 67.8 cm³/mol. The molecule has 1 rings (SSSR count). The van der Waals surface area contributed by atoms with E-state index in [4.69, 9.17) is 4.74 Å². The quantitative estimate of drug-likeness (QED) is 0.708. The van der Waals surface area contributed by atoms with Gasteiger partial charge in [0.05, 0.1) is 6.10 Å². The first-order chi connectivity index (χ1) is 7.26. The molecule has 0 spiro atoms. The second kappa shape index (κ2) is 7.60. The molecule has 1 aliphatic heterocycles. The van der Waals surface area contributed by atoms with Crippen LogP contribution in [0.2, 0.25) is 0 Å². The molecule has 90 valence electrons. The van der Waals surface area contributed by atoms with Gasteiger partial charge in [-0.25, -0.2) is 0 Å². The number of hydrogen-bond donors (Lipinski definition) is 0. The molecule has 0 N–H and O–H groups in total. The van der Waals surface area contributed by atoms with Gasteiger partial charge >= 0.3 is 0 Å². The fourth-order valence-electron chi connectivity index (χ4n) is 1.99. The van der Waals surface area contributed by atoms with Crippen molar-refractivity contribution in [2.75, 3.05) is 51.7 Å². The molecule has 0 aromatic heterocycles. The van der Waals surface area contributed by atoms with Crippen molar-refractivity contribution in [3.05, 3.63) is 0 Å². The van der Waals surface area contributed by atoms with Crippen LogP contribution in [0.4, 0.5) is 0 Å². The SMILES string of the molecule is COC(C)CN1CCCN(CCBr)CC1. The minimum absolute atomic E-state index is 0.354. The Morgan fingerprint density at radius 2 is 1.87 bits per heavy atom. The topological polar surface area (TPSA) is 15.7 Å². The van der Waals surface area contributed by atoms with E-state index < -0.39 is 0 Å². The third-order valence-corrected chi connectivity index (χ3v) is 3.35. The van der Waals surface area contributed by atoms with Crippen molar-refractivity contribution in [2.24, 2.45) is 0 Å². The van der Waals surface area contributed by atoms with Gasteiger partial charge < -0.3 is 9.64 Å². The zero-order valence-corrected chi connectivity index (χ0v) is 11.5. The lowest BCUT2D eigenvalue weighted by Gasteiger charge is -2.23. The fourth-order valence-corrected chi connectivity index (χ4v) is 2.49. The summed E-state index contributed by atoms with van der Waals surface area (Å²) in [7, 11) is 1.79. The van der Waals surface area contributed by atoms with Crippen LogP contribution >= 0.6 is 15.9 Å². The molecule has 3 nitrogen and oxygen atoms in total. The first-order valence-corrected chi connectivity index (χ1v) is 6.92. The van der Waals surface area contributed by atoms with Gasteiger partial charge in [-0.15, -0.1) is 0 Å². The molecule has 15 heavy (non-hydrogen) atoms. The largest absolute Gasteiger partial charge is 0.380 e. The average molecular weight is 279 g/mol. The number of halogens is 1. The molecule has 0 saturated carbocycles. The van der Waals surface area contributed by atoms with E-state index in [-0.39, 0.29) is 0 Å². The smallest absolute Gasteiger partial charge is 0.0670 e. The van der Waals surface area contributed by atoms with Gasteiger partial charge in [0.25, 0.3) is 0 Å². The fraction of sp³-hybridized carbons (Fsp3) is 1.00. The van der Waals surface area contributed by atoms with Gasteiger partial charge in [0.15, 0.2) is 0 Å². The van der Waals surface area contributed by atoms with Gasteiger partial charge in [-0.2, -0.15) is 0 Å². The monoisotopic (exact) mass is 278 g/mol. The van der Waals surface area contributed by atoms with Crippen LogP contribution < -0.4 is 0 Å². The summed E-state index contributed by atoms with van der Waals surface area (Å²) in [5.74, 6) is 0. The Hall–Kier alpha value is 0.360. The Morgan fingerprint density at radius 3 is 2.53 bits per heavy atom. The summed E-state index contributed by atoms with van der Waals surface area (Å²) in [6, 6.07) is 0. The van der Waals surface area contributed by atoms with Crippen LogP contribution in [0.5, 0.6) is 0 Å². The minimum atomic E-state index is 0.354. The van der Waals surface area contributed by atoms with Crippen LogP contribution in [0.15, 0.2) is 0 Å². The molecule has 0 aromatic rings. The molecule has 1 fully saturated rings. The number of methoxy groups -OCH3 is 1. The van der Waals surface area contributed by atoms with E-state index in [1.165, 1.54) is 39.1 Å². The highest BCUT2D eigenvalue weighted by molar-refractivity contribution is 9.09. The zero-order valence-electron chi connectivity index (χ0n) is 9.91. The summed E-state index contributed by atoms with van der Waals surface area (Å²) in [6.45, 7) is 9.21. The van der Waals surface area contributed by atoms with Crippen molar-refractivity contribution in [2.45, 2.75) is 19.4 Å². The highest BCUT2D eigenvalue weighted by atomic mass is 79.9. The molecule has 0 radical (unpaired) electrons. The van der Waals surface area contributed by atoms with Gasteiger partial charge in [0.2, 0.25) is 0 Å². The van der Waals surface area contributed by atoms with Crippen molar-refractivity contribution in [1.82, 2.24) is 9.80 Å². The lowest BCUT2D eigenvalue weighted by Crippen LogP contribution is -2.35. The number of rotatable bonds is 5. The molecular formula is C11H23BrN2O. The summed E-state index contributed by atoms with van der Waals surface area (Å²) in [5, 5.41) is 1.08. The van der Waals surface area contributed by atoms with Gasteiger partial charge in [-0.05, 0) is 26.4 Å². The molecule has 1 atom stereocenters. The minimum Gasteiger partial charge on any atom is -0.380 e. The second-order valence-electron chi connectivity index (χ2n) is 4.23. The Bertz CT molecular complexity index is 169. The molecule has 0 aliphatic carbocycles. The third-order valence-electron chi connectivity index (χ3n) is 3.00. The summed E-state index contributed by atoms with van der Waals surface area (Å²) < 4.78 is 5.31. The van der Waals surface area contributed by atoms with Crippen LogP contribution in [-0.2, 0) is 4.74 Å². The summed E-state index contributed by atoms with van der Waals surface area (Å²) in [6.07, 6.45) is 1.64. The van der Waals surface area contributed by atoms with Gasteiger partial charge in [0.1, 0.15) is 0 Å². The van der Waals surface area contributed by atoms with Crippen molar-refractivity contribution >= 4 is 15.9 Å². The van der Waals surface area contributed by atoms with E-state index in [0.717, 1.165) is 11.9 Å². The summed E-state index contributed by atoms with van der Waals surface area (Å²) >= 11 is 3.50. The van der Waals surface area contributed by atoms with E-state index in [1.807, 2.05) is 0 Å². The van der Waals surface area contributed by atoms with E-state index in [9.17, 15) is 0 Å². The van der Waals surface area contributed by atoms with Crippen LogP contribution in [0.1, 0.15) is 13.3 Å². The third kappa shape index (κ3) is 5.29. The van der Waals surface area contributed by atoms with Gasteiger partial charge in [0, 0.05) is 38.6 Å². The van der Waals surface area contributed by atoms with Crippen molar-refractivity contribution in [3.8, 4) is 0 Å².